The smallest absolute Gasteiger partial charge is 0.416 e. The van der Waals surface area contributed by atoms with Gasteiger partial charge in [-0.15, -0.1) is 0 Å². The number of ether oxygens (including phenoxy) is 1. The van der Waals surface area contributed by atoms with Crippen molar-refractivity contribution in [3.8, 4) is 5.75 Å². The third-order valence-electron chi connectivity index (χ3n) is 5.37. The topological polar surface area (TPSA) is 71.0 Å². The van der Waals surface area contributed by atoms with Gasteiger partial charge in [0.1, 0.15) is 11.0 Å². The van der Waals surface area contributed by atoms with Crippen LogP contribution in [0.5, 0.6) is 5.75 Å². The standard InChI is InChI=1S/C26H22F3N3O3S/c1-35-21-9-5-8-20(14-21)30-24(34)22-15-23(33)32(16-17-6-3-2-4-7-17)25(36-22)31-19-12-10-18(11-13-19)26(27,28)29/h2-14,22H,15-16H2,1H3,(H,30,34)/t22-/m0/s1. The first-order chi connectivity index (χ1) is 17.2. The predicted molar refractivity (Wildman–Crippen MR) is 133 cm³/mol. The molecule has 36 heavy (non-hydrogen) atoms. The van der Waals surface area contributed by atoms with Crippen molar-refractivity contribution in [2.24, 2.45) is 4.99 Å². The number of carbonyl (C=O) groups excluding carboxylic acids is 2. The van der Waals surface area contributed by atoms with E-state index in [1.54, 1.807) is 24.3 Å². The number of thioether (sulfide) groups is 1. The molecule has 0 spiro atoms. The number of hydrogen-bond donors (Lipinski definition) is 1. The van der Waals surface area contributed by atoms with Gasteiger partial charge in [0.2, 0.25) is 11.8 Å². The number of alkyl halides is 3. The first kappa shape index (κ1) is 25.3. The van der Waals surface area contributed by atoms with Gasteiger partial charge in [0.15, 0.2) is 5.17 Å². The van der Waals surface area contributed by atoms with Gasteiger partial charge in [0, 0.05) is 18.2 Å². The average Bonchev–Trinajstić information content (AvgIpc) is 2.86. The highest BCUT2D eigenvalue weighted by Crippen LogP contribution is 2.33. The Morgan fingerprint density at radius 2 is 1.81 bits per heavy atom. The van der Waals surface area contributed by atoms with Crippen LogP contribution < -0.4 is 10.1 Å². The molecule has 0 aliphatic carbocycles. The Bertz CT molecular complexity index is 1260. The van der Waals surface area contributed by atoms with Gasteiger partial charge in [0.25, 0.3) is 0 Å². The van der Waals surface area contributed by atoms with Crippen LogP contribution in [0.3, 0.4) is 0 Å². The second-order valence-corrected chi connectivity index (χ2v) is 9.11. The van der Waals surface area contributed by atoms with Crippen molar-refractivity contribution in [3.63, 3.8) is 0 Å². The van der Waals surface area contributed by atoms with Crippen LogP contribution in [-0.2, 0) is 22.3 Å². The molecule has 0 radical (unpaired) electrons. The lowest BCUT2D eigenvalue weighted by molar-refractivity contribution is -0.137. The zero-order chi connectivity index (χ0) is 25.7. The third-order valence-corrected chi connectivity index (χ3v) is 6.56. The van der Waals surface area contributed by atoms with E-state index in [4.69, 9.17) is 4.74 Å². The predicted octanol–water partition coefficient (Wildman–Crippen LogP) is 5.87. The molecular formula is C26H22F3N3O3S. The van der Waals surface area contributed by atoms with E-state index in [1.165, 1.54) is 24.1 Å². The van der Waals surface area contributed by atoms with Crippen molar-refractivity contribution in [1.82, 2.24) is 4.90 Å². The van der Waals surface area contributed by atoms with Crippen LogP contribution in [0.4, 0.5) is 24.5 Å². The molecule has 1 atom stereocenters. The number of nitrogens with one attached hydrogen (secondary N) is 1. The Kier molecular flexibility index (Phi) is 7.64. The van der Waals surface area contributed by atoms with Crippen molar-refractivity contribution in [1.29, 1.82) is 0 Å². The van der Waals surface area contributed by atoms with Gasteiger partial charge < -0.3 is 10.1 Å². The molecule has 6 nitrogen and oxygen atoms in total. The molecule has 1 heterocycles. The number of methoxy groups -OCH3 is 1. The Hall–Kier alpha value is -3.79. The van der Waals surface area contributed by atoms with Crippen LogP contribution in [0.15, 0.2) is 83.9 Å². The van der Waals surface area contributed by atoms with E-state index in [2.05, 4.69) is 10.3 Å². The van der Waals surface area contributed by atoms with Crippen LogP contribution in [0.25, 0.3) is 0 Å². The second-order valence-electron chi connectivity index (χ2n) is 7.94. The molecule has 1 aliphatic heterocycles. The Balaban J connectivity index is 1.60. The number of anilines is 1. The van der Waals surface area contributed by atoms with Gasteiger partial charge in [-0.25, -0.2) is 4.99 Å². The third kappa shape index (κ3) is 6.25. The molecule has 0 saturated carbocycles. The summed E-state index contributed by atoms with van der Waals surface area (Å²) in [5.41, 5.74) is 0.812. The Morgan fingerprint density at radius 1 is 1.08 bits per heavy atom. The van der Waals surface area contributed by atoms with Crippen LogP contribution in [0.2, 0.25) is 0 Å². The van der Waals surface area contributed by atoms with E-state index in [0.717, 1.165) is 29.5 Å². The Morgan fingerprint density at radius 3 is 2.47 bits per heavy atom. The number of amidine groups is 1. The number of aliphatic imine (C=N–C) groups is 1. The maximum absolute atomic E-state index is 13.1. The minimum atomic E-state index is -4.47. The fourth-order valence-electron chi connectivity index (χ4n) is 3.52. The molecule has 0 unspecified atom stereocenters. The number of carbonyl (C=O) groups is 2. The maximum atomic E-state index is 13.1. The number of hydrogen-bond acceptors (Lipinski definition) is 5. The number of halogens is 3. The molecular weight excluding hydrogens is 491 g/mol. The molecule has 186 valence electrons. The lowest BCUT2D eigenvalue weighted by Gasteiger charge is -2.32. The van der Waals surface area contributed by atoms with Crippen LogP contribution >= 0.6 is 11.8 Å². The summed E-state index contributed by atoms with van der Waals surface area (Å²) in [5, 5.41) is 2.25. The summed E-state index contributed by atoms with van der Waals surface area (Å²) in [5.74, 6) is -0.131. The lowest BCUT2D eigenvalue weighted by atomic mass is 10.2. The summed E-state index contributed by atoms with van der Waals surface area (Å²) in [4.78, 5) is 32.0. The van der Waals surface area contributed by atoms with E-state index in [9.17, 15) is 22.8 Å². The molecule has 10 heteroatoms. The van der Waals surface area contributed by atoms with Gasteiger partial charge in [-0.3, -0.25) is 14.5 Å². The molecule has 1 N–H and O–H groups in total. The molecule has 1 fully saturated rings. The fourth-order valence-corrected chi connectivity index (χ4v) is 4.62. The molecule has 2 amide bonds. The summed E-state index contributed by atoms with van der Waals surface area (Å²) < 4.78 is 44.0. The number of nitrogens with zero attached hydrogens (tertiary/aromatic N) is 2. The quantitative estimate of drug-likeness (QED) is 0.447. The first-order valence-electron chi connectivity index (χ1n) is 10.9. The summed E-state index contributed by atoms with van der Waals surface area (Å²) in [6.45, 7) is 0.219. The minimum absolute atomic E-state index is 0.0562. The molecule has 1 aliphatic rings. The highest BCUT2D eigenvalue weighted by molar-refractivity contribution is 8.15. The van der Waals surface area contributed by atoms with Gasteiger partial charge in [0.05, 0.1) is 24.9 Å². The van der Waals surface area contributed by atoms with Crippen molar-refractivity contribution < 1.29 is 27.5 Å². The van der Waals surface area contributed by atoms with Crippen LogP contribution in [0.1, 0.15) is 17.5 Å². The molecule has 1 saturated heterocycles. The largest absolute Gasteiger partial charge is 0.497 e. The van der Waals surface area contributed by atoms with Crippen LogP contribution in [0, 0.1) is 0 Å². The van der Waals surface area contributed by atoms with E-state index in [-0.39, 0.29) is 35.6 Å². The number of amides is 2. The Labute approximate surface area is 210 Å². The summed E-state index contributed by atoms with van der Waals surface area (Å²) in [6, 6.07) is 20.4. The summed E-state index contributed by atoms with van der Waals surface area (Å²) >= 11 is 1.09. The number of rotatable bonds is 6. The van der Waals surface area contributed by atoms with Gasteiger partial charge in [-0.05, 0) is 42.0 Å². The molecule has 0 bridgehead atoms. The molecule has 3 aromatic rings. The van der Waals surface area contributed by atoms with Gasteiger partial charge in [-0.2, -0.15) is 13.2 Å². The van der Waals surface area contributed by atoms with Crippen molar-refractivity contribution >= 4 is 40.1 Å². The van der Waals surface area contributed by atoms with E-state index < -0.39 is 17.0 Å². The zero-order valence-corrected chi connectivity index (χ0v) is 20.0. The van der Waals surface area contributed by atoms with E-state index in [1.807, 2.05) is 30.3 Å². The highest BCUT2D eigenvalue weighted by atomic mass is 32.2. The fraction of sp³-hybridized carbons (Fsp3) is 0.192. The minimum Gasteiger partial charge on any atom is -0.497 e. The van der Waals surface area contributed by atoms with Gasteiger partial charge >= 0.3 is 6.18 Å². The SMILES string of the molecule is COc1cccc(NC(=O)[C@@H]2CC(=O)N(Cc3ccccc3)C(=Nc3ccc(C(F)(F)F)cc3)S2)c1. The summed E-state index contributed by atoms with van der Waals surface area (Å²) in [6.07, 6.45) is -4.52. The highest BCUT2D eigenvalue weighted by Gasteiger charge is 2.36. The summed E-state index contributed by atoms with van der Waals surface area (Å²) in [7, 11) is 1.52. The lowest BCUT2D eigenvalue weighted by Crippen LogP contribution is -2.44. The van der Waals surface area contributed by atoms with Gasteiger partial charge in [-0.1, -0.05) is 48.2 Å². The van der Waals surface area contributed by atoms with E-state index >= 15 is 0 Å². The monoisotopic (exact) mass is 513 g/mol. The van der Waals surface area contributed by atoms with Crippen molar-refractivity contribution in [2.75, 3.05) is 12.4 Å². The number of benzene rings is 3. The van der Waals surface area contributed by atoms with Crippen molar-refractivity contribution in [2.45, 2.75) is 24.4 Å². The second kappa shape index (κ2) is 10.9. The maximum Gasteiger partial charge on any atom is 0.416 e. The first-order valence-corrected chi connectivity index (χ1v) is 11.8. The normalized spacial score (nSPS) is 17.2. The zero-order valence-electron chi connectivity index (χ0n) is 19.2. The van der Waals surface area contributed by atoms with Crippen LogP contribution in [-0.4, -0.2) is 34.2 Å². The van der Waals surface area contributed by atoms with E-state index in [0.29, 0.717) is 11.4 Å². The average molecular weight is 514 g/mol. The molecule has 0 aromatic heterocycles. The van der Waals surface area contributed by atoms with Crippen molar-refractivity contribution in [3.05, 3.63) is 90.0 Å². The molecule has 3 aromatic carbocycles. The molecule has 4 rings (SSSR count).